The molecule has 6 heteroatoms. The highest BCUT2D eigenvalue weighted by Crippen LogP contribution is 2.20. The summed E-state index contributed by atoms with van der Waals surface area (Å²) in [5.74, 6) is 0.288. The van der Waals surface area contributed by atoms with Gasteiger partial charge in [0.15, 0.2) is 0 Å². The molecule has 1 aliphatic heterocycles. The number of nitrogens with zero attached hydrogens (tertiary/aromatic N) is 4. The number of hydrogen-bond donors (Lipinski definition) is 1. The molecule has 0 spiro atoms. The first-order chi connectivity index (χ1) is 12.6. The SMILES string of the molecule is Cc1cccc2nc(CN3CCN(c4ccc(O)cc4)CC3)cc(=O)n12. The van der Waals surface area contributed by atoms with E-state index in [0.29, 0.717) is 12.2 Å². The summed E-state index contributed by atoms with van der Waals surface area (Å²) in [5, 5.41) is 9.42. The van der Waals surface area contributed by atoms with E-state index in [2.05, 4.69) is 14.8 Å². The molecule has 0 amide bonds. The highest BCUT2D eigenvalue weighted by Gasteiger charge is 2.18. The van der Waals surface area contributed by atoms with Gasteiger partial charge in [-0.05, 0) is 43.3 Å². The van der Waals surface area contributed by atoms with Gasteiger partial charge in [0.1, 0.15) is 11.4 Å². The van der Waals surface area contributed by atoms with Crippen molar-refractivity contribution in [2.45, 2.75) is 13.5 Å². The molecule has 1 fully saturated rings. The van der Waals surface area contributed by atoms with Crippen LogP contribution in [0.1, 0.15) is 11.4 Å². The molecule has 26 heavy (non-hydrogen) atoms. The van der Waals surface area contributed by atoms with Crippen LogP contribution in [0.15, 0.2) is 53.3 Å². The largest absolute Gasteiger partial charge is 0.508 e. The van der Waals surface area contributed by atoms with Crippen molar-refractivity contribution in [3.63, 3.8) is 0 Å². The zero-order valence-corrected chi connectivity index (χ0v) is 14.8. The Morgan fingerprint density at radius 3 is 2.50 bits per heavy atom. The summed E-state index contributed by atoms with van der Waals surface area (Å²) in [6, 6.07) is 14.7. The van der Waals surface area contributed by atoms with Gasteiger partial charge in [0, 0.05) is 50.2 Å². The van der Waals surface area contributed by atoms with Gasteiger partial charge in [-0.25, -0.2) is 4.98 Å². The molecule has 2 aromatic heterocycles. The Bertz CT molecular complexity index is 973. The maximum absolute atomic E-state index is 12.4. The fourth-order valence-electron chi connectivity index (χ4n) is 3.50. The number of phenols is 1. The second kappa shape index (κ2) is 6.80. The number of phenolic OH excluding ortho intramolecular Hbond substituents is 1. The van der Waals surface area contributed by atoms with Crippen molar-refractivity contribution in [1.82, 2.24) is 14.3 Å². The smallest absolute Gasteiger partial charge is 0.258 e. The number of aromatic hydroxyl groups is 1. The van der Waals surface area contributed by atoms with E-state index >= 15 is 0 Å². The topological polar surface area (TPSA) is 61.1 Å². The van der Waals surface area contributed by atoms with Crippen molar-refractivity contribution in [1.29, 1.82) is 0 Å². The van der Waals surface area contributed by atoms with Gasteiger partial charge in [-0.1, -0.05) is 6.07 Å². The first kappa shape index (κ1) is 16.6. The Hall–Kier alpha value is -2.86. The highest BCUT2D eigenvalue weighted by atomic mass is 16.3. The Morgan fingerprint density at radius 2 is 1.77 bits per heavy atom. The number of aryl methyl sites for hydroxylation is 1. The zero-order chi connectivity index (χ0) is 18.1. The lowest BCUT2D eigenvalue weighted by atomic mass is 10.2. The van der Waals surface area contributed by atoms with Crippen LogP contribution in [-0.4, -0.2) is 45.6 Å². The van der Waals surface area contributed by atoms with E-state index in [1.54, 1.807) is 22.6 Å². The minimum absolute atomic E-state index is 0.0224. The lowest BCUT2D eigenvalue weighted by molar-refractivity contribution is 0.247. The Labute approximate surface area is 151 Å². The molecular formula is C20H22N4O2. The van der Waals surface area contributed by atoms with Crippen molar-refractivity contribution >= 4 is 11.3 Å². The van der Waals surface area contributed by atoms with Crippen LogP contribution < -0.4 is 10.5 Å². The third-order valence-corrected chi connectivity index (χ3v) is 4.91. The third-order valence-electron chi connectivity index (χ3n) is 4.91. The van der Waals surface area contributed by atoms with E-state index < -0.39 is 0 Å². The van der Waals surface area contributed by atoms with Crippen LogP contribution in [0.3, 0.4) is 0 Å². The number of piperazine rings is 1. The van der Waals surface area contributed by atoms with Gasteiger partial charge in [-0.15, -0.1) is 0 Å². The Balaban J connectivity index is 1.45. The van der Waals surface area contributed by atoms with E-state index in [1.165, 1.54) is 0 Å². The second-order valence-electron chi connectivity index (χ2n) is 6.73. The zero-order valence-electron chi connectivity index (χ0n) is 14.8. The molecule has 1 aliphatic rings. The number of aromatic nitrogens is 2. The molecule has 0 unspecified atom stereocenters. The van der Waals surface area contributed by atoms with Gasteiger partial charge in [0.2, 0.25) is 0 Å². The van der Waals surface area contributed by atoms with Crippen LogP contribution in [0.25, 0.3) is 5.65 Å². The average molecular weight is 350 g/mol. The lowest BCUT2D eigenvalue weighted by Crippen LogP contribution is -2.46. The minimum Gasteiger partial charge on any atom is -0.508 e. The maximum atomic E-state index is 12.4. The van der Waals surface area contributed by atoms with Gasteiger partial charge < -0.3 is 10.0 Å². The van der Waals surface area contributed by atoms with E-state index in [0.717, 1.165) is 43.3 Å². The molecular weight excluding hydrogens is 328 g/mol. The molecule has 0 aliphatic carbocycles. The minimum atomic E-state index is -0.0224. The lowest BCUT2D eigenvalue weighted by Gasteiger charge is -2.36. The number of hydrogen-bond acceptors (Lipinski definition) is 5. The summed E-state index contributed by atoms with van der Waals surface area (Å²) in [6.45, 7) is 6.25. The molecule has 4 rings (SSSR count). The van der Waals surface area contributed by atoms with E-state index in [9.17, 15) is 9.90 Å². The van der Waals surface area contributed by atoms with Crippen LogP contribution in [0, 0.1) is 6.92 Å². The quantitative estimate of drug-likeness (QED) is 0.783. The molecule has 0 radical (unpaired) electrons. The molecule has 3 aromatic rings. The van der Waals surface area contributed by atoms with Gasteiger partial charge in [0.05, 0.1) is 5.69 Å². The number of anilines is 1. The Kier molecular flexibility index (Phi) is 4.34. The van der Waals surface area contributed by atoms with Gasteiger partial charge in [-0.3, -0.25) is 14.1 Å². The van der Waals surface area contributed by atoms with Crippen molar-refractivity contribution in [2.24, 2.45) is 0 Å². The first-order valence-electron chi connectivity index (χ1n) is 8.85. The van der Waals surface area contributed by atoms with Gasteiger partial charge >= 0.3 is 0 Å². The van der Waals surface area contributed by atoms with E-state index in [-0.39, 0.29) is 11.3 Å². The van der Waals surface area contributed by atoms with Gasteiger partial charge in [-0.2, -0.15) is 0 Å². The molecule has 1 aromatic carbocycles. The summed E-state index contributed by atoms with van der Waals surface area (Å²) >= 11 is 0. The molecule has 0 atom stereocenters. The van der Waals surface area contributed by atoms with E-state index in [4.69, 9.17) is 0 Å². The van der Waals surface area contributed by atoms with Crippen molar-refractivity contribution in [3.05, 3.63) is 70.3 Å². The summed E-state index contributed by atoms with van der Waals surface area (Å²) in [7, 11) is 0. The summed E-state index contributed by atoms with van der Waals surface area (Å²) in [4.78, 5) is 21.7. The summed E-state index contributed by atoms with van der Waals surface area (Å²) in [6.07, 6.45) is 0. The highest BCUT2D eigenvalue weighted by molar-refractivity contribution is 5.49. The molecule has 6 nitrogen and oxygen atoms in total. The standard InChI is InChI=1S/C20H22N4O2/c1-15-3-2-4-19-21-16(13-20(26)24(15)19)14-22-9-11-23(12-10-22)17-5-7-18(25)8-6-17/h2-8,13,25H,9-12,14H2,1H3. The number of pyridine rings is 1. The van der Waals surface area contributed by atoms with Crippen LogP contribution >= 0.6 is 0 Å². The number of rotatable bonds is 3. The fourth-order valence-corrected chi connectivity index (χ4v) is 3.50. The van der Waals surface area contributed by atoms with E-state index in [1.807, 2.05) is 37.3 Å². The molecule has 1 saturated heterocycles. The van der Waals surface area contributed by atoms with Crippen molar-refractivity contribution in [2.75, 3.05) is 31.1 Å². The van der Waals surface area contributed by atoms with Gasteiger partial charge in [0.25, 0.3) is 5.56 Å². The predicted octanol–water partition coefficient (Wildman–Crippen LogP) is 2.03. The predicted molar refractivity (Wildman–Crippen MR) is 102 cm³/mol. The Morgan fingerprint density at radius 1 is 1.04 bits per heavy atom. The summed E-state index contributed by atoms with van der Waals surface area (Å²) in [5.41, 5.74) is 3.52. The van der Waals surface area contributed by atoms with Crippen LogP contribution in [0.5, 0.6) is 5.75 Å². The molecule has 134 valence electrons. The monoisotopic (exact) mass is 350 g/mol. The van der Waals surface area contributed by atoms with Crippen molar-refractivity contribution < 1.29 is 5.11 Å². The van der Waals surface area contributed by atoms with Crippen LogP contribution in [0.4, 0.5) is 5.69 Å². The summed E-state index contributed by atoms with van der Waals surface area (Å²) < 4.78 is 1.65. The molecule has 0 bridgehead atoms. The number of fused-ring (bicyclic) bond motifs is 1. The average Bonchev–Trinajstić information content (AvgIpc) is 2.63. The second-order valence-corrected chi connectivity index (χ2v) is 6.73. The molecule has 3 heterocycles. The number of benzene rings is 1. The van der Waals surface area contributed by atoms with Crippen LogP contribution in [0.2, 0.25) is 0 Å². The third kappa shape index (κ3) is 3.28. The maximum Gasteiger partial charge on any atom is 0.258 e. The normalized spacial score (nSPS) is 15.5. The first-order valence-corrected chi connectivity index (χ1v) is 8.85. The van der Waals surface area contributed by atoms with Crippen LogP contribution in [-0.2, 0) is 6.54 Å². The van der Waals surface area contributed by atoms with Crippen molar-refractivity contribution in [3.8, 4) is 5.75 Å². The fraction of sp³-hybridized carbons (Fsp3) is 0.300. The molecule has 0 saturated carbocycles. The molecule has 1 N–H and O–H groups in total.